The average Bonchev–Trinajstić information content (AvgIpc) is 3.06. The summed E-state index contributed by atoms with van der Waals surface area (Å²) in [5, 5.41) is 4.41. The van der Waals surface area contributed by atoms with Crippen molar-refractivity contribution in [1.29, 1.82) is 0 Å². The van der Waals surface area contributed by atoms with Gasteiger partial charge in [0, 0.05) is 38.5 Å². The van der Waals surface area contributed by atoms with Crippen molar-refractivity contribution >= 4 is 5.91 Å². The van der Waals surface area contributed by atoms with E-state index in [4.69, 9.17) is 9.47 Å². The maximum Gasteiger partial charge on any atom is 0.231 e. The lowest BCUT2D eigenvalue weighted by Crippen LogP contribution is -2.48. The fraction of sp³-hybridized carbons (Fsp3) is 0.474. The van der Waals surface area contributed by atoms with E-state index in [1.165, 1.54) is 0 Å². The van der Waals surface area contributed by atoms with Gasteiger partial charge in [0.05, 0.1) is 31.0 Å². The maximum atomic E-state index is 12.8. The summed E-state index contributed by atoms with van der Waals surface area (Å²) in [7, 11) is 5.15. The topological polar surface area (TPSA) is 56.6 Å². The molecular weight excluding hydrogens is 318 g/mol. The predicted molar refractivity (Wildman–Crippen MR) is 94.8 cm³/mol. The fourth-order valence-electron chi connectivity index (χ4n) is 3.39. The van der Waals surface area contributed by atoms with Gasteiger partial charge in [0.2, 0.25) is 5.91 Å². The van der Waals surface area contributed by atoms with Crippen molar-refractivity contribution in [2.75, 3.05) is 27.9 Å². The summed E-state index contributed by atoms with van der Waals surface area (Å²) in [5.41, 5.74) is 1.59. The van der Waals surface area contributed by atoms with Crippen molar-refractivity contribution in [2.45, 2.75) is 25.8 Å². The van der Waals surface area contributed by atoms with Crippen LogP contribution in [-0.4, -0.2) is 48.5 Å². The number of benzene rings is 1. The highest BCUT2D eigenvalue weighted by Gasteiger charge is 2.45. The van der Waals surface area contributed by atoms with Crippen LogP contribution in [0.5, 0.6) is 5.75 Å². The van der Waals surface area contributed by atoms with Crippen molar-refractivity contribution in [2.24, 2.45) is 5.41 Å². The zero-order valence-corrected chi connectivity index (χ0v) is 15.1. The van der Waals surface area contributed by atoms with Gasteiger partial charge in [0.25, 0.3) is 0 Å². The van der Waals surface area contributed by atoms with Gasteiger partial charge >= 0.3 is 0 Å². The SMILES string of the molecule is COCC1(C(=O)N(C)Cc2cnn(-c3cccc(OC)c3)c2)CCC1. The van der Waals surface area contributed by atoms with Gasteiger partial charge in [-0.2, -0.15) is 5.10 Å². The molecule has 1 aromatic carbocycles. The van der Waals surface area contributed by atoms with E-state index in [0.29, 0.717) is 13.2 Å². The molecule has 0 bridgehead atoms. The Labute approximate surface area is 148 Å². The number of hydrogen-bond acceptors (Lipinski definition) is 4. The zero-order valence-electron chi connectivity index (χ0n) is 15.1. The van der Waals surface area contributed by atoms with E-state index >= 15 is 0 Å². The van der Waals surface area contributed by atoms with Gasteiger partial charge in [-0.25, -0.2) is 4.68 Å². The summed E-state index contributed by atoms with van der Waals surface area (Å²) in [6.07, 6.45) is 6.66. The molecule has 0 aliphatic heterocycles. The van der Waals surface area contributed by atoms with E-state index in [-0.39, 0.29) is 11.3 Å². The molecule has 2 aromatic rings. The summed E-state index contributed by atoms with van der Waals surface area (Å²) in [4.78, 5) is 14.6. The standard InChI is InChI=1S/C19H25N3O3/c1-21(18(23)19(14-24-2)8-5-9-19)12-15-11-20-22(13-15)16-6-4-7-17(10-16)25-3/h4,6-7,10-11,13H,5,8-9,12,14H2,1-3H3. The van der Waals surface area contributed by atoms with Crippen LogP contribution in [0.1, 0.15) is 24.8 Å². The number of methoxy groups -OCH3 is 2. The van der Waals surface area contributed by atoms with Crippen LogP contribution in [0.2, 0.25) is 0 Å². The second-order valence-corrected chi connectivity index (χ2v) is 6.72. The zero-order chi connectivity index (χ0) is 17.9. The van der Waals surface area contributed by atoms with Gasteiger partial charge in [0.1, 0.15) is 5.75 Å². The van der Waals surface area contributed by atoms with Gasteiger partial charge < -0.3 is 14.4 Å². The Morgan fingerprint density at radius 2 is 2.16 bits per heavy atom. The summed E-state index contributed by atoms with van der Waals surface area (Å²) < 4.78 is 12.3. The fourth-order valence-corrected chi connectivity index (χ4v) is 3.39. The molecule has 134 valence electrons. The number of ether oxygens (including phenoxy) is 2. The first kappa shape index (κ1) is 17.5. The summed E-state index contributed by atoms with van der Waals surface area (Å²) in [6.45, 7) is 1.04. The monoisotopic (exact) mass is 343 g/mol. The number of amides is 1. The minimum atomic E-state index is -0.327. The van der Waals surface area contributed by atoms with Crippen LogP contribution in [-0.2, 0) is 16.1 Å². The van der Waals surface area contributed by atoms with Crippen molar-refractivity contribution in [3.8, 4) is 11.4 Å². The number of rotatable bonds is 7. The molecule has 6 nitrogen and oxygen atoms in total. The molecule has 25 heavy (non-hydrogen) atoms. The van der Waals surface area contributed by atoms with Crippen molar-refractivity contribution in [1.82, 2.24) is 14.7 Å². The van der Waals surface area contributed by atoms with Crippen LogP contribution in [0, 0.1) is 5.41 Å². The molecular formula is C19H25N3O3. The van der Waals surface area contributed by atoms with Crippen LogP contribution in [0.15, 0.2) is 36.7 Å². The average molecular weight is 343 g/mol. The van der Waals surface area contributed by atoms with E-state index in [2.05, 4.69) is 5.10 Å². The van der Waals surface area contributed by atoms with Gasteiger partial charge in [-0.3, -0.25) is 4.79 Å². The van der Waals surface area contributed by atoms with Crippen molar-refractivity contribution < 1.29 is 14.3 Å². The molecule has 1 aromatic heterocycles. The number of aromatic nitrogens is 2. The van der Waals surface area contributed by atoms with Crippen molar-refractivity contribution in [3.05, 3.63) is 42.2 Å². The number of carbonyl (C=O) groups excluding carboxylic acids is 1. The molecule has 3 rings (SSSR count). The molecule has 0 spiro atoms. The highest BCUT2D eigenvalue weighted by atomic mass is 16.5. The normalized spacial score (nSPS) is 15.5. The molecule has 0 atom stereocenters. The Balaban J connectivity index is 1.69. The first-order valence-corrected chi connectivity index (χ1v) is 8.50. The van der Waals surface area contributed by atoms with E-state index in [0.717, 1.165) is 36.3 Å². The van der Waals surface area contributed by atoms with Crippen LogP contribution in [0.3, 0.4) is 0 Å². The van der Waals surface area contributed by atoms with E-state index in [1.54, 1.807) is 30.0 Å². The number of carbonyl (C=O) groups is 1. The van der Waals surface area contributed by atoms with E-state index in [1.807, 2.05) is 37.5 Å². The predicted octanol–water partition coefficient (Wildman–Crippen LogP) is 2.66. The van der Waals surface area contributed by atoms with Crippen molar-refractivity contribution in [3.63, 3.8) is 0 Å². The molecule has 1 aliphatic carbocycles. The Morgan fingerprint density at radius 1 is 1.36 bits per heavy atom. The lowest BCUT2D eigenvalue weighted by molar-refractivity contribution is -0.151. The third-order valence-corrected chi connectivity index (χ3v) is 4.91. The number of nitrogens with zero attached hydrogens (tertiary/aromatic N) is 3. The minimum absolute atomic E-state index is 0.162. The van der Waals surface area contributed by atoms with Gasteiger partial charge in [-0.05, 0) is 25.0 Å². The van der Waals surface area contributed by atoms with Crippen LogP contribution in [0.4, 0.5) is 0 Å². The largest absolute Gasteiger partial charge is 0.497 e. The Kier molecular flexibility index (Phi) is 5.08. The molecule has 6 heteroatoms. The number of hydrogen-bond donors (Lipinski definition) is 0. The third kappa shape index (κ3) is 3.54. The maximum absolute atomic E-state index is 12.8. The summed E-state index contributed by atoms with van der Waals surface area (Å²) in [5.74, 6) is 0.947. The second-order valence-electron chi connectivity index (χ2n) is 6.72. The first-order chi connectivity index (χ1) is 12.1. The van der Waals surface area contributed by atoms with Crippen LogP contribution >= 0.6 is 0 Å². The molecule has 0 unspecified atom stereocenters. The Morgan fingerprint density at radius 3 is 2.80 bits per heavy atom. The quantitative estimate of drug-likeness (QED) is 0.775. The molecule has 0 radical (unpaired) electrons. The van der Waals surface area contributed by atoms with Gasteiger partial charge in [0.15, 0.2) is 0 Å². The molecule has 0 N–H and O–H groups in total. The lowest BCUT2D eigenvalue weighted by Gasteiger charge is -2.42. The van der Waals surface area contributed by atoms with Crippen LogP contribution in [0.25, 0.3) is 5.69 Å². The van der Waals surface area contributed by atoms with E-state index in [9.17, 15) is 4.79 Å². The lowest BCUT2D eigenvalue weighted by atomic mass is 9.68. The smallest absolute Gasteiger partial charge is 0.231 e. The molecule has 1 saturated carbocycles. The first-order valence-electron chi connectivity index (χ1n) is 8.50. The van der Waals surface area contributed by atoms with E-state index < -0.39 is 0 Å². The molecule has 1 amide bonds. The van der Waals surface area contributed by atoms with Gasteiger partial charge in [-0.1, -0.05) is 12.5 Å². The highest BCUT2D eigenvalue weighted by molar-refractivity contribution is 5.83. The molecule has 1 aliphatic rings. The molecule has 0 saturated heterocycles. The third-order valence-electron chi connectivity index (χ3n) is 4.91. The Hall–Kier alpha value is -2.34. The minimum Gasteiger partial charge on any atom is -0.497 e. The highest BCUT2D eigenvalue weighted by Crippen LogP contribution is 2.42. The summed E-state index contributed by atoms with van der Waals surface area (Å²) >= 11 is 0. The molecule has 1 fully saturated rings. The molecule has 1 heterocycles. The second kappa shape index (κ2) is 7.27. The van der Waals surface area contributed by atoms with Gasteiger partial charge in [-0.15, -0.1) is 0 Å². The Bertz CT molecular complexity index is 737. The van der Waals surface area contributed by atoms with Crippen LogP contribution < -0.4 is 4.74 Å². The summed E-state index contributed by atoms with van der Waals surface area (Å²) in [6, 6.07) is 7.72.